The Labute approximate surface area is 146 Å². The fourth-order valence-corrected chi connectivity index (χ4v) is 2.81. The number of hydrogen-bond acceptors (Lipinski definition) is 6. The number of methoxy groups -OCH3 is 3. The van der Waals surface area contributed by atoms with Crippen LogP contribution in [0, 0.1) is 6.92 Å². The molecule has 0 radical (unpaired) electrons. The standard InChI is InChI=1S/C19H22N2O4/c1-11(13-8-17(22-3)19(24-5)18(9-13)23-4)20-14-6-7-15-16(10-14)25-12(2)21-15/h6-11,20H,1-5H3/t11-/m1/s1. The van der Waals surface area contributed by atoms with E-state index in [4.69, 9.17) is 18.6 Å². The van der Waals surface area contributed by atoms with E-state index in [2.05, 4.69) is 17.2 Å². The third-order valence-corrected chi connectivity index (χ3v) is 4.07. The average Bonchev–Trinajstić information content (AvgIpc) is 2.99. The highest BCUT2D eigenvalue weighted by molar-refractivity contribution is 5.77. The Bertz CT molecular complexity index is 863. The van der Waals surface area contributed by atoms with Gasteiger partial charge < -0.3 is 23.9 Å². The van der Waals surface area contributed by atoms with Gasteiger partial charge in [0.1, 0.15) is 5.52 Å². The Morgan fingerprint density at radius 3 is 2.28 bits per heavy atom. The maximum atomic E-state index is 5.59. The predicted octanol–water partition coefficient (Wildman–Crippen LogP) is 4.34. The second-order valence-corrected chi connectivity index (χ2v) is 5.74. The first-order valence-electron chi connectivity index (χ1n) is 7.99. The molecular weight excluding hydrogens is 320 g/mol. The average molecular weight is 342 g/mol. The van der Waals surface area contributed by atoms with E-state index in [0.29, 0.717) is 23.1 Å². The van der Waals surface area contributed by atoms with E-state index in [1.807, 2.05) is 37.3 Å². The van der Waals surface area contributed by atoms with Gasteiger partial charge in [-0.05, 0) is 36.8 Å². The molecule has 3 rings (SSSR count). The van der Waals surface area contributed by atoms with E-state index in [-0.39, 0.29) is 6.04 Å². The van der Waals surface area contributed by atoms with Crippen LogP contribution in [0.4, 0.5) is 5.69 Å². The molecule has 0 saturated carbocycles. The number of benzene rings is 2. The van der Waals surface area contributed by atoms with Crippen LogP contribution in [0.15, 0.2) is 34.7 Å². The van der Waals surface area contributed by atoms with E-state index < -0.39 is 0 Å². The summed E-state index contributed by atoms with van der Waals surface area (Å²) in [5, 5.41) is 3.46. The molecule has 3 aromatic rings. The highest BCUT2D eigenvalue weighted by Crippen LogP contribution is 2.40. The Kier molecular flexibility index (Phi) is 4.70. The summed E-state index contributed by atoms with van der Waals surface area (Å²) in [4.78, 5) is 4.31. The SMILES string of the molecule is COc1cc([C@@H](C)Nc2ccc3nc(C)oc3c2)cc(OC)c1OC. The Morgan fingerprint density at radius 1 is 1.00 bits per heavy atom. The lowest BCUT2D eigenvalue weighted by Gasteiger charge is -2.19. The van der Waals surface area contributed by atoms with Crippen molar-refractivity contribution in [1.82, 2.24) is 4.98 Å². The van der Waals surface area contributed by atoms with Gasteiger partial charge in [0.15, 0.2) is 23.0 Å². The summed E-state index contributed by atoms with van der Waals surface area (Å²) >= 11 is 0. The molecule has 25 heavy (non-hydrogen) atoms. The number of oxazole rings is 1. The van der Waals surface area contributed by atoms with Gasteiger partial charge in [-0.3, -0.25) is 0 Å². The van der Waals surface area contributed by atoms with Crippen molar-refractivity contribution in [2.75, 3.05) is 26.6 Å². The first-order chi connectivity index (χ1) is 12.0. The molecule has 0 saturated heterocycles. The minimum absolute atomic E-state index is 0.0233. The van der Waals surface area contributed by atoms with Crippen LogP contribution < -0.4 is 19.5 Å². The lowest BCUT2D eigenvalue weighted by atomic mass is 10.1. The Morgan fingerprint density at radius 2 is 1.68 bits per heavy atom. The van der Waals surface area contributed by atoms with Crippen LogP contribution in [0.3, 0.4) is 0 Å². The Balaban J connectivity index is 1.89. The number of aromatic nitrogens is 1. The fraction of sp³-hybridized carbons (Fsp3) is 0.316. The number of rotatable bonds is 6. The van der Waals surface area contributed by atoms with Crippen LogP contribution in [-0.4, -0.2) is 26.3 Å². The maximum Gasteiger partial charge on any atom is 0.203 e. The highest BCUT2D eigenvalue weighted by atomic mass is 16.5. The van der Waals surface area contributed by atoms with Crippen LogP contribution in [0.1, 0.15) is 24.4 Å². The number of nitrogens with one attached hydrogen (secondary N) is 1. The quantitative estimate of drug-likeness (QED) is 0.719. The van der Waals surface area contributed by atoms with Crippen LogP contribution in [0.5, 0.6) is 17.2 Å². The van der Waals surface area contributed by atoms with E-state index in [0.717, 1.165) is 22.4 Å². The molecule has 0 aliphatic carbocycles. The van der Waals surface area contributed by atoms with Gasteiger partial charge in [-0.15, -0.1) is 0 Å². The lowest BCUT2D eigenvalue weighted by Crippen LogP contribution is -2.07. The Hall–Kier alpha value is -2.89. The summed E-state index contributed by atoms with van der Waals surface area (Å²) in [6, 6.07) is 9.78. The topological polar surface area (TPSA) is 65.8 Å². The van der Waals surface area contributed by atoms with E-state index in [1.165, 1.54) is 0 Å². The van der Waals surface area contributed by atoms with Crippen molar-refractivity contribution < 1.29 is 18.6 Å². The maximum absolute atomic E-state index is 5.59. The van der Waals surface area contributed by atoms with Crippen molar-refractivity contribution in [2.45, 2.75) is 19.9 Å². The van der Waals surface area contributed by atoms with Gasteiger partial charge in [0.05, 0.1) is 21.3 Å². The van der Waals surface area contributed by atoms with Crippen LogP contribution in [0.25, 0.3) is 11.1 Å². The van der Waals surface area contributed by atoms with Crippen LogP contribution in [-0.2, 0) is 0 Å². The molecule has 1 N–H and O–H groups in total. The van der Waals surface area contributed by atoms with Gasteiger partial charge >= 0.3 is 0 Å². The molecule has 0 unspecified atom stereocenters. The molecule has 1 atom stereocenters. The molecule has 1 heterocycles. The fourth-order valence-electron chi connectivity index (χ4n) is 2.81. The van der Waals surface area contributed by atoms with E-state index >= 15 is 0 Å². The van der Waals surface area contributed by atoms with E-state index in [1.54, 1.807) is 21.3 Å². The number of aryl methyl sites for hydroxylation is 1. The molecule has 1 aromatic heterocycles. The zero-order chi connectivity index (χ0) is 18.0. The van der Waals surface area contributed by atoms with Crippen molar-refractivity contribution in [1.29, 1.82) is 0 Å². The lowest BCUT2D eigenvalue weighted by molar-refractivity contribution is 0.323. The number of ether oxygens (including phenoxy) is 3. The summed E-state index contributed by atoms with van der Waals surface area (Å²) in [5.74, 6) is 2.50. The largest absolute Gasteiger partial charge is 0.493 e. The van der Waals surface area contributed by atoms with Gasteiger partial charge in [-0.2, -0.15) is 0 Å². The molecule has 0 aliphatic rings. The summed E-state index contributed by atoms with van der Waals surface area (Å²) in [6.45, 7) is 3.90. The molecule has 0 fully saturated rings. The van der Waals surface area contributed by atoms with Gasteiger partial charge in [0.2, 0.25) is 5.75 Å². The van der Waals surface area contributed by atoms with Gasteiger partial charge in [-0.25, -0.2) is 4.98 Å². The zero-order valence-electron chi connectivity index (χ0n) is 15.0. The van der Waals surface area contributed by atoms with Crippen molar-refractivity contribution in [2.24, 2.45) is 0 Å². The van der Waals surface area contributed by atoms with E-state index in [9.17, 15) is 0 Å². The predicted molar refractivity (Wildman–Crippen MR) is 96.9 cm³/mol. The van der Waals surface area contributed by atoms with Gasteiger partial charge in [-0.1, -0.05) is 0 Å². The molecular formula is C19H22N2O4. The minimum atomic E-state index is 0.0233. The number of hydrogen-bond donors (Lipinski definition) is 1. The van der Waals surface area contributed by atoms with Crippen molar-refractivity contribution in [3.05, 3.63) is 41.8 Å². The molecule has 0 bridgehead atoms. The third-order valence-electron chi connectivity index (χ3n) is 4.07. The summed E-state index contributed by atoms with van der Waals surface area (Å²) in [6.07, 6.45) is 0. The molecule has 0 amide bonds. The number of fused-ring (bicyclic) bond motifs is 1. The summed E-state index contributed by atoms with van der Waals surface area (Å²) in [7, 11) is 4.81. The number of anilines is 1. The molecule has 2 aromatic carbocycles. The second kappa shape index (κ2) is 6.93. The summed E-state index contributed by atoms with van der Waals surface area (Å²) < 4.78 is 21.8. The molecule has 6 heteroatoms. The van der Waals surface area contributed by atoms with Gasteiger partial charge in [0, 0.05) is 24.7 Å². The van der Waals surface area contributed by atoms with Crippen LogP contribution in [0.2, 0.25) is 0 Å². The van der Waals surface area contributed by atoms with Crippen molar-refractivity contribution in [3.8, 4) is 17.2 Å². The first kappa shape index (κ1) is 17.0. The molecule has 0 aliphatic heterocycles. The normalized spacial score (nSPS) is 12.0. The van der Waals surface area contributed by atoms with Crippen molar-refractivity contribution >= 4 is 16.8 Å². The molecule has 0 spiro atoms. The third kappa shape index (κ3) is 3.33. The summed E-state index contributed by atoms with van der Waals surface area (Å²) in [5.41, 5.74) is 3.58. The molecule has 132 valence electrons. The highest BCUT2D eigenvalue weighted by Gasteiger charge is 2.16. The van der Waals surface area contributed by atoms with Crippen LogP contribution >= 0.6 is 0 Å². The minimum Gasteiger partial charge on any atom is -0.493 e. The first-order valence-corrected chi connectivity index (χ1v) is 7.99. The second-order valence-electron chi connectivity index (χ2n) is 5.74. The van der Waals surface area contributed by atoms with Gasteiger partial charge in [0.25, 0.3) is 0 Å². The van der Waals surface area contributed by atoms with Crippen molar-refractivity contribution in [3.63, 3.8) is 0 Å². The number of nitrogens with zero attached hydrogens (tertiary/aromatic N) is 1. The molecule has 6 nitrogen and oxygen atoms in total. The monoisotopic (exact) mass is 342 g/mol. The zero-order valence-corrected chi connectivity index (χ0v) is 15.0. The smallest absolute Gasteiger partial charge is 0.203 e.